The van der Waals surface area contributed by atoms with Gasteiger partial charge in [-0.25, -0.2) is 0 Å². The molecule has 3 heterocycles. The lowest BCUT2D eigenvalue weighted by Gasteiger charge is -2.32. The number of hydrogen-bond acceptors (Lipinski definition) is 5. The number of pyridine rings is 1. The number of hydrogen-bond donors (Lipinski definition) is 0. The zero-order chi connectivity index (χ0) is 20.8. The molecule has 29 heavy (non-hydrogen) atoms. The molecule has 1 saturated heterocycles. The van der Waals surface area contributed by atoms with Crippen LogP contribution in [0.3, 0.4) is 0 Å². The van der Waals surface area contributed by atoms with Crippen molar-refractivity contribution in [2.45, 2.75) is 24.9 Å². The van der Waals surface area contributed by atoms with Gasteiger partial charge in [0.25, 0.3) is 5.69 Å². The minimum absolute atomic E-state index is 0.0904. The lowest BCUT2D eigenvalue weighted by molar-refractivity contribution is -0.384. The van der Waals surface area contributed by atoms with Gasteiger partial charge in [0.2, 0.25) is 0 Å². The number of halogens is 4. The van der Waals surface area contributed by atoms with Crippen LogP contribution in [0.4, 0.5) is 24.5 Å². The fraction of sp³-hybridized carbons (Fsp3) is 0.333. The predicted molar refractivity (Wildman–Crippen MR) is 100 cm³/mol. The van der Waals surface area contributed by atoms with E-state index in [0.29, 0.717) is 32.0 Å². The smallest absolute Gasteiger partial charge is 0.366 e. The van der Waals surface area contributed by atoms with Gasteiger partial charge in [0.1, 0.15) is 11.5 Å². The molecule has 7 nitrogen and oxygen atoms in total. The van der Waals surface area contributed by atoms with Gasteiger partial charge in [0, 0.05) is 31.3 Å². The second-order valence-corrected chi connectivity index (χ2v) is 7.23. The van der Waals surface area contributed by atoms with Crippen LogP contribution in [0.25, 0.3) is 5.65 Å². The fourth-order valence-corrected chi connectivity index (χ4v) is 3.95. The summed E-state index contributed by atoms with van der Waals surface area (Å²) in [5.41, 5.74) is -0.986. The molecule has 3 aromatic rings. The standard InChI is InChI=1S/C18H15ClF3N5O2/c19-13-10-14(15(27(28)29)9-12(13)18(20,21)22)25-7-4-11(5-8-25)17-24-23-16-3-1-2-6-26(16)17/h1-3,6,9-11H,4-5,7-8H2. The van der Waals surface area contributed by atoms with Gasteiger partial charge in [-0.05, 0) is 31.0 Å². The van der Waals surface area contributed by atoms with Crippen molar-refractivity contribution in [3.8, 4) is 0 Å². The molecule has 0 aliphatic carbocycles. The highest BCUT2D eigenvalue weighted by molar-refractivity contribution is 6.31. The Morgan fingerprint density at radius 1 is 1.17 bits per heavy atom. The summed E-state index contributed by atoms with van der Waals surface area (Å²) in [6.07, 6.45) is -1.63. The minimum Gasteiger partial charge on any atom is -0.366 e. The number of nitrogens with zero attached hydrogens (tertiary/aromatic N) is 5. The summed E-state index contributed by atoms with van der Waals surface area (Å²) < 4.78 is 41.1. The van der Waals surface area contributed by atoms with Gasteiger partial charge in [-0.1, -0.05) is 17.7 Å². The molecule has 0 atom stereocenters. The summed E-state index contributed by atoms with van der Waals surface area (Å²) in [6, 6.07) is 7.14. The molecule has 1 fully saturated rings. The molecule has 0 radical (unpaired) electrons. The Morgan fingerprint density at radius 2 is 1.90 bits per heavy atom. The van der Waals surface area contributed by atoms with E-state index in [1.165, 1.54) is 0 Å². The van der Waals surface area contributed by atoms with Gasteiger partial charge in [0.15, 0.2) is 5.65 Å². The summed E-state index contributed by atoms with van der Waals surface area (Å²) in [5, 5.41) is 19.2. The predicted octanol–water partition coefficient (Wildman–Crippen LogP) is 4.69. The van der Waals surface area contributed by atoms with E-state index < -0.39 is 27.4 Å². The first kappa shape index (κ1) is 19.4. The van der Waals surface area contributed by atoms with E-state index >= 15 is 0 Å². The van der Waals surface area contributed by atoms with E-state index in [4.69, 9.17) is 11.6 Å². The first-order chi connectivity index (χ1) is 13.8. The van der Waals surface area contributed by atoms with Gasteiger partial charge in [-0.3, -0.25) is 14.5 Å². The normalized spacial score (nSPS) is 15.8. The first-order valence-electron chi connectivity index (χ1n) is 8.85. The van der Waals surface area contributed by atoms with E-state index in [0.717, 1.165) is 17.5 Å². The van der Waals surface area contributed by atoms with Crippen molar-refractivity contribution in [2.24, 2.45) is 0 Å². The molecule has 0 N–H and O–H groups in total. The summed E-state index contributed by atoms with van der Waals surface area (Å²) in [4.78, 5) is 12.3. The number of fused-ring (bicyclic) bond motifs is 1. The van der Waals surface area contributed by atoms with Gasteiger partial charge in [-0.2, -0.15) is 13.2 Å². The highest BCUT2D eigenvalue weighted by Crippen LogP contribution is 2.42. The number of nitro groups is 1. The molecule has 1 aromatic carbocycles. The van der Waals surface area contributed by atoms with Crippen LogP contribution < -0.4 is 4.90 Å². The van der Waals surface area contributed by atoms with Gasteiger partial charge >= 0.3 is 6.18 Å². The van der Waals surface area contributed by atoms with Crippen molar-refractivity contribution in [1.29, 1.82) is 0 Å². The lowest BCUT2D eigenvalue weighted by Crippen LogP contribution is -2.34. The number of piperidine rings is 1. The Labute approximate surface area is 167 Å². The van der Waals surface area contributed by atoms with Gasteiger partial charge in [0.05, 0.1) is 15.5 Å². The topological polar surface area (TPSA) is 76.6 Å². The monoisotopic (exact) mass is 425 g/mol. The van der Waals surface area contributed by atoms with Gasteiger partial charge < -0.3 is 4.90 Å². The Hall–Kier alpha value is -2.88. The molecule has 2 aromatic heterocycles. The number of anilines is 1. The molecular weight excluding hydrogens is 411 g/mol. The van der Waals surface area contributed by atoms with Crippen LogP contribution >= 0.6 is 11.6 Å². The maximum atomic E-state index is 13.1. The van der Waals surface area contributed by atoms with Crippen molar-refractivity contribution in [3.63, 3.8) is 0 Å². The maximum Gasteiger partial charge on any atom is 0.418 e. The number of rotatable bonds is 3. The summed E-state index contributed by atoms with van der Waals surface area (Å²) in [5.74, 6) is 0.896. The Morgan fingerprint density at radius 3 is 2.55 bits per heavy atom. The molecular formula is C18H15ClF3N5O2. The third-order valence-electron chi connectivity index (χ3n) is 5.11. The van der Waals surface area contributed by atoms with Crippen molar-refractivity contribution < 1.29 is 18.1 Å². The molecule has 0 unspecified atom stereocenters. The Bertz CT molecular complexity index is 1080. The second kappa shape index (κ2) is 7.18. The molecule has 0 spiro atoms. The summed E-state index contributed by atoms with van der Waals surface area (Å²) >= 11 is 5.79. The quantitative estimate of drug-likeness (QED) is 0.449. The van der Waals surface area contributed by atoms with Gasteiger partial charge in [-0.15, -0.1) is 10.2 Å². The van der Waals surface area contributed by atoms with E-state index in [2.05, 4.69) is 10.2 Å². The van der Waals surface area contributed by atoms with Crippen LogP contribution in [0.5, 0.6) is 0 Å². The molecule has 152 valence electrons. The number of nitro benzene ring substituents is 1. The fourth-order valence-electron chi connectivity index (χ4n) is 3.68. The maximum absolute atomic E-state index is 13.1. The molecule has 1 aliphatic rings. The summed E-state index contributed by atoms with van der Waals surface area (Å²) in [6.45, 7) is 0.851. The van der Waals surface area contributed by atoms with E-state index in [1.54, 1.807) is 4.90 Å². The SMILES string of the molecule is O=[N+]([O-])c1cc(C(F)(F)F)c(Cl)cc1N1CCC(c2nnc3ccccn23)CC1. The van der Waals surface area contributed by atoms with E-state index in [9.17, 15) is 23.3 Å². The van der Waals surface area contributed by atoms with Crippen molar-refractivity contribution in [1.82, 2.24) is 14.6 Å². The molecule has 11 heteroatoms. The van der Waals surface area contributed by atoms with Crippen molar-refractivity contribution in [3.05, 3.63) is 63.1 Å². The van der Waals surface area contributed by atoms with Crippen LogP contribution in [0, 0.1) is 10.1 Å². The minimum atomic E-state index is -4.76. The second-order valence-electron chi connectivity index (χ2n) is 6.82. The molecule has 0 amide bonds. The lowest BCUT2D eigenvalue weighted by atomic mass is 9.95. The number of benzene rings is 1. The number of alkyl halides is 3. The van der Waals surface area contributed by atoms with Crippen LogP contribution in [0.1, 0.15) is 30.1 Å². The van der Waals surface area contributed by atoms with Crippen LogP contribution in [-0.4, -0.2) is 32.6 Å². The molecule has 1 aliphatic heterocycles. The largest absolute Gasteiger partial charge is 0.418 e. The van der Waals surface area contributed by atoms with Crippen molar-refractivity contribution in [2.75, 3.05) is 18.0 Å². The van der Waals surface area contributed by atoms with E-state index in [-0.39, 0.29) is 11.6 Å². The highest BCUT2D eigenvalue weighted by Gasteiger charge is 2.37. The van der Waals surface area contributed by atoms with Crippen LogP contribution in [0.15, 0.2) is 36.5 Å². The third-order valence-corrected chi connectivity index (χ3v) is 5.42. The van der Waals surface area contributed by atoms with Crippen LogP contribution in [-0.2, 0) is 6.18 Å². The average Bonchev–Trinajstić information content (AvgIpc) is 3.11. The zero-order valence-electron chi connectivity index (χ0n) is 14.9. The highest BCUT2D eigenvalue weighted by atomic mass is 35.5. The van der Waals surface area contributed by atoms with E-state index in [1.807, 2.05) is 28.8 Å². The van der Waals surface area contributed by atoms with Crippen LogP contribution in [0.2, 0.25) is 5.02 Å². The molecule has 4 rings (SSSR count). The molecule has 0 saturated carbocycles. The zero-order valence-corrected chi connectivity index (χ0v) is 15.7. The molecule has 0 bridgehead atoms. The summed E-state index contributed by atoms with van der Waals surface area (Å²) in [7, 11) is 0. The van der Waals surface area contributed by atoms with Crippen molar-refractivity contribution >= 4 is 28.6 Å². The number of aromatic nitrogens is 3. The Kier molecular flexibility index (Phi) is 4.81. The Balaban J connectivity index is 1.60. The first-order valence-corrected chi connectivity index (χ1v) is 9.23. The third kappa shape index (κ3) is 3.59. The average molecular weight is 426 g/mol.